The summed E-state index contributed by atoms with van der Waals surface area (Å²) >= 11 is 0.940. The summed E-state index contributed by atoms with van der Waals surface area (Å²) in [6.45, 7) is 9.73. The molecular formula is C17H24N2O6S. The maximum absolute atomic E-state index is 12.7. The molecule has 0 spiro atoms. The van der Waals surface area contributed by atoms with Crippen LogP contribution in [-0.2, 0) is 19.1 Å². The lowest BCUT2D eigenvalue weighted by Crippen LogP contribution is -2.30. The van der Waals surface area contributed by atoms with Crippen LogP contribution in [0.4, 0.5) is 5.00 Å². The van der Waals surface area contributed by atoms with Crippen molar-refractivity contribution in [2.75, 3.05) is 31.6 Å². The Balaban J connectivity index is 3.32. The van der Waals surface area contributed by atoms with Gasteiger partial charge in [0.05, 0.1) is 23.7 Å². The number of carbonyl (C=O) groups excluding carboxylic acids is 4. The Hall–Kier alpha value is -2.42. The van der Waals surface area contributed by atoms with E-state index in [9.17, 15) is 19.2 Å². The normalized spacial score (nSPS) is 10.2. The van der Waals surface area contributed by atoms with Gasteiger partial charge in [0, 0.05) is 13.1 Å². The Labute approximate surface area is 156 Å². The van der Waals surface area contributed by atoms with Crippen LogP contribution < -0.4 is 5.32 Å². The van der Waals surface area contributed by atoms with Crippen LogP contribution in [0.1, 0.15) is 53.3 Å². The Kier molecular flexibility index (Phi) is 8.24. The molecule has 0 aromatic carbocycles. The van der Waals surface area contributed by atoms with E-state index in [2.05, 4.69) is 10.1 Å². The molecule has 0 aliphatic rings. The first-order valence-corrected chi connectivity index (χ1v) is 9.21. The van der Waals surface area contributed by atoms with E-state index in [0.29, 0.717) is 23.5 Å². The van der Waals surface area contributed by atoms with Crippen molar-refractivity contribution >= 4 is 40.1 Å². The van der Waals surface area contributed by atoms with Crippen LogP contribution in [-0.4, -0.2) is 55.0 Å². The maximum Gasteiger partial charge on any atom is 0.397 e. The number of hydrogen-bond acceptors (Lipinski definition) is 7. The summed E-state index contributed by atoms with van der Waals surface area (Å²) in [5.41, 5.74) is 0.481. The third-order valence-corrected chi connectivity index (χ3v) is 4.75. The molecule has 0 atom stereocenters. The minimum absolute atomic E-state index is 0.0478. The van der Waals surface area contributed by atoms with Gasteiger partial charge < -0.3 is 19.7 Å². The Bertz CT molecular complexity index is 694. The fraction of sp³-hybridized carbons (Fsp3) is 0.529. The molecule has 0 aliphatic carbocycles. The van der Waals surface area contributed by atoms with Crippen LogP contribution in [0.5, 0.6) is 0 Å². The predicted molar refractivity (Wildman–Crippen MR) is 97.5 cm³/mol. The Morgan fingerprint density at radius 1 is 1.00 bits per heavy atom. The molecule has 0 radical (unpaired) electrons. The summed E-state index contributed by atoms with van der Waals surface area (Å²) in [4.78, 5) is 50.4. The highest BCUT2D eigenvalue weighted by Gasteiger charge is 2.29. The molecule has 0 unspecified atom stereocenters. The van der Waals surface area contributed by atoms with E-state index in [0.717, 1.165) is 11.3 Å². The van der Waals surface area contributed by atoms with Crippen molar-refractivity contribution in [2.45, 2.75) is 34.6 Å². The van der Waals surface area contributed by atoms with E-state index >= 15 is 0 Å². The van der Waals surface area contributed by atoms with Crippen molar-refractivity contribution in [1.29, 1.82) is 0 Å². The lowest BCUT2D eigenvalue weighted by molar-refractivity contribution is -0.152. The monoisotopic (exact) mass is 384 g/mol. The van der Waals surface area contributed by atoms with Gasteiger partial charge in [-0.25, -0.2) is 9.59 Å². The van der Waals surface area contributed by atoms with E-state index in [4.69, 9.17) is 4.74 Å². The first kappa shape index (κ1) is 21.6. The zero-order valence-corrected chi connectivity index (χ0v) is 16.4. The highest BCUT2D eigenvalue weighted by atomic mass is 32.1. The van der Waals surface area contributed by atoms with Gasteiger partial charge in [-0.15, -0.1) is 11.3 Å². The summed E-state index contributed by atoms with van der Waals surface area (Å²) in [6.07, 6.45) is 0. The topological polar surface area (TPSA) is 102 Å². The van der Waals surface area contributed by atoms with Crippen LogP contribution in [0.15, 0.2) is 0 Å². The van der Waals surface area contributed by atoms with Crippen molar-refractivity contribution < 1.29 is 28.7 Å². The van der Waals surface area contributed by atoms with Crippen LogP contribution in [0.2, 0.25) is 0 Å². The van der Waals surface area contributed by atoms with Crippen LogP contribution >= 0.6 is 11.3 Å². The lowest BCUT2D eigenvalue weighted by atomic mass is 10.1. The zero-order valence-electron chi connectivity index (χ0n) is 15.6. The SMILES string of the molecule is CCOC(=O)C(=O)Nc1sc(C(=O)N(CC)CC)c(C)c1C(=O)OCC. The van der Waals surface area contributed by atoms with Gasteiger partial charge in [-0.2, -0.15) is 0 Å². The minimum Gasteiger partial charge on any atom is -0.462 e. The van der Waals surface area contributed by atoms with E-state index in [1.807, 2.05) is 13.8 Å². The highest BCUT2D eigenvalue weighted by molar-refractivity contribution is 7.18. The summed E-state index contributed by atoms with van der Waals surface area (Å²) in [7, 11) is 0. The summed E-state index contributed by atoms with van der Waals surface area (Å²) < 4.78 is 9.66. The second-order valence-electron chi connectivity index (χ2n) is 5.13. The molecular weight excluding hydrogens is 360 g/mol. The number of thiophene rings is 1. The smallest absolute Gasteiger partial charge is 0.397 e. The molecule has 8 nitrogen and oxygen atoms in total. The first-order valence-electron chi connectivity index (χ1n) is 8.39. The number of nitrogens with one attached hydrogen (secondary N) is 1. The highest BCUT2D eigenvalue weighted by Crippen LogP contribution is 2.34. The summed E-state index contributed by atoms with van der Waals surface area (Å²) in [6, 6.07) is 0. The number of hydrogen-bond donors (Lipinski definition) is 1. The van der Waals surface area contributed by atoms with E-state index < -0.39 is 17.8 Å². The third kappa shape index (κ3) is 4.81. The standard InChI is InChI=1S/C17H24N2O6S/c1-6-19(7-2)15(21)12-10(5)11(16(22)24-8-3)14(26-12)18-13(20)17(23)25-9-4/h6-9H2,1-5H3,(H,18,20). The molecule has 1 aromatic heterocycles. The number of rotatable bonds is 7. The fourth-order valence-corrected chi connectivity index (χ4v) is 3.42. The molecule has 144 valence electrons. The largest absolute Gasteiger partial charge is 0.462 e. The van der Waals surface area contributed by atoms with Gasteiger partial charge in [0.1, 0.15) is 5.00 Å². The molecule has 1 rings (SSSR count). The number of esters is 2. The maximum atomic E-state index is 12.7. The van der Waals surface area contributed by atoms with Gasteiger partial charge in [-0.1, -0.05) is 0 Å². The zero-order chi connectivity index (χ0) is 19.9. The molecule has 0 fully saturated rings. The van der Waals surface area contributed by atoms with Crippen molar-refractivity contribution in [3.63, 3.8) is 0 Å². The molecule has 0 aliphatic heterocycles. The molecule has 1 N–H and O–H groups in total. The van der Waals surface area contributed by atoms with Gasteiger partial charge in [-0.05, 0) is 40.2 Å². The Morgan fingerprint density at radius 2 is 1.58 bits per heavy atom. The average molecular weight is 384 g/mol. The number of ether oxygens (including phenoxy) is 2. The van der Waals surface area contributed by atoms with Gasteiger partial charge in [0.15, 0.2) is 0 Å². The van der Waals surface area contributed by atoms with Crippen molar-refractivity contribution in [1.82, 2.24) is 4.90 Å². The predicted octanol–water partition coefficient (Wildman–Crippen LogP) is 2.22. The van der Waals surface area contributed by atoms with Crippen LogP contribution in [0.3, 0.4) is 0 Å². The van der Waals surface area contributed by atoms with Gasteiger partial charge in [-0.3, -0.25) is 9.59 Å². The quantitative estimate of drug-likeness (QED) is 0.571. The fourth-order valence-electron chi connectivity index (χ4n) is 2.26. The second kappa shape index (κ2) is 9.91. The summed E-state index contributed by atoms with van der Waals surface area (Å²) in [5, 5.41) is 2.45. The Morgan fingerprint density at radius 3 is 2.08 bits per heavy atom. The van der Waals surface area contributed by atoms with Crippen molar-refractivity contribution in [3.8, 4) is 0 Å². The summed E-state index contributed by atoms with van der Waals surface area (Å²) in [5.74, 6) is -3.00. The molecule has 2 amide bonds. The van der Waals surface area contributed by atoms with Gasteiger partial charge >= 0.3 is 17.8 Å². The molecule has 0 bridgehead atoms. The van der Waals surface area contributed by atoms with Crippen molar-refractivity contribution in [2.24, 2.45) is 0 Å². The van der Waals surface area contributed by atoms with Crippen LogP contribution in [0.25, 0.3) is 0 Å². The number of amides is 2. The van der Waals surface area contributed by atoms with E-state index in [-0.39, 0.29) is 29.7 Å². The third-order valence-electron chi connectivity index (χ3n) is 3.56. The van der Waals surface area contributed by atoms with Crippen LogP contribution in [0, 0.1) is 6.92 Å². The minimum atomic E-state index is -1.06. The number of anilines is 1. The molecule has 9 heteroatoms. The van der Waals surface area contributed by atoms with Crippen molar-refractivity contribution in [3.05, 3.63) is 16.0 Å². The lowest BCUT2D eigenvalue weighted by Gasteiger charge is -2.18. The average Bonchev–Trinajstić information content (AvgIpc) is 2.92. The molecule has 26 heavy (non-hydrogen) atoms. The molecule has 1 aromatic rings. The van der Waals surface area contributed by atoms with Gasteiger partial charge in [0.2, 0.25) is 0 Å². The van der Waals surface area contributed by atoms with Gasteiger partial charge in [0.25, 0.3) is 5.91 Å². The molecule has 1 heterocycles. The first-order chi connectivity index (χ1) is 12.3. The number of carbonyl (C=O) groups is 4. The molecule has 0 saturated carbocycles. The molecule has 0 saturated heterocycles. The van der Waals surface area contributed by atoms with E-state index in [1.54, 1.807) is 25.7 Å². The van der Waals surface area contributed by atoms with E-state index in [1.165, 1.54) is 0 Å². The number of nitrogens with zero attached hydrogens (tertiary/aromatic N) is 1. The second-order valence-corrected chi connectivity index (χ2v) is 6.15.